The number of anilines is 2. The lowest BCUT2D eigenvalue weighted by Gasteiger charge is -2.09. The zero-order valence-electron chi connectivity index (χ0n) is 9.18. The molecule has 0 aromatic carbocycles. The third-order valence-corrected chi connectivity index (χ3v) is 2.36. The van der Waals surface area contributed by atoms with E-state index in [4.69, 9.17) is 17.3 Å². The predicted molar refractivity (Wildman–Crippen MR) is 65.6 cm³/mol. The van der Waals surface area contributed by atoms with E-state index in [-0.39, 0.29) is 5.28 Å². The van der Waals surface area contributed by atoms with E-state index in [9.17, 15) is 0 Å². The van der Waals surface area contributed by atoms with Gasteiger partial charge in [-0.25, -0.2) is 15.0 Å². The van der Waals surface area contributed by atoms with Crippen LogP contribution in [0.2, 0.25) is 5.28 Å². The number of hydrogen-bond donors (Lipinski definition) is 2. The summed E-state index contributed by atoms with van der Waals surface area (Å²) < 4.78 is 0. The molecule has 0 unspecified atom stereocenters. The number of rotatable bonds is 3. The Labute approximate surface area is 103 Å². The maximum absolute atomic E-state index is 5.84. The molecule has 0 aliphatic carbocycles. The topological polar surface area (TPSA) is 89.6 Å². The van der Waals surface area contributed by atoms with Gasteiger partial charge in [-0.3, -0.25) is 0 Å². The highest BCUT2D eigenvalue weighted by atomic mass is 35.5. The van der Waals surface area contributed by atoms with Gasteiger partial charge in [0.05, 0.1) is 23.6 Å². The smallest absolute Gasteiger partial charge is 0.224 e. The minimum atomic E-state index is 0.168. The fourth-order valence-electron chi connectivity index (χ4n) is 1.28. The molecule has 0 radical (unpaired) electrons. The molecule has 0 aliphatic heterocycles. The van der Waals surface area contributed by atoms with Gasteiger partial charge in [0.1, 0.15) is 6.33 Å². The Kier molecular flexibility index (Phi) is 3.34. The first-order valence-electron chi connectivity index (χ1n) is 4.95. The van der Waals surface area contributed by atoms with Crippen molar-refractivity contribution in [1.29, 1.82) is 0 Å². The van der Waals surface area contributed by atoms with Crippen LogP contribution in [0.3, 0.4) is 0 Å². The number of nitrogen functional groups attached to an aromatic ring is 1. The van der Waals surface area contributed by atoms with Crippen molar-refractivity contribution in [2.45, 2.75) is 13.5 Å². The van der Waals surface area contributed by atoms with Crippen LogP contribution in [0, 0.1) is 6.92 Å². The van der Waals surface area contributed by atoms with E-state index < -0.39 is 0 Å². The van der Waals surface area contributed by atoms with E-state index in [0.29, 0.717) is 23.7 Å². The fraction of sp³-hybridized carbons (Fsp3) is 0.200. The van der Waals surface area contributed by atoms with Crippen molar-refractivity contribution in [3.8, 4) is 0 Å². The quantitative estimate of drug-likeness (QED) is 0.801. The lowest BCUT2D eigenvalue weighted by molar-refractivity contribution is 0.988. The second-order valence-electron chi connectivity index (χ2n) is 3.39. The second-order valence-corrected chi connectivity index (χ2v) is 3.73. The normalized spacial score (nSPS) is 10.2. The largest absolute Gasteiger partial charge is 0.394 e. The summed E-state index contributed by atoms with van der Waals surface area (Å²) in [7, 11) is 0. The molecule has 2 aromatic rings. The number of nitrogens with zero attached hydrogens (tertiary/aromatic N) is 4. The molecule has 2 aromatic heterocycles. The first-order chi connectivity index (χ1) is 8.16. The van der Waals surface area contributed by atoms with Gasteiger partial charge >= 0.3 is 0 Å². The Balaban J connectivity index is 2.14. The van der Waals surface area contributed by atoms with Gasteiger partial charge in [-0.2, -0.15) is 4.98 Å². The minimum Gasteiger partial charge on any atom is -0.394 e. The van der Waals surface area contributed by atoms with Gasteiger partial charge in [0, 0.05) is 6.20 Å². The molecule has 0 fully saturated rings. The summed E-state index contributed by atoms with van der Waals surface area (Å²) in [4.78, 5) is 15.9. The van der Waals surface area contributed by atoms with Gasteiger partial charge in [-0.15, -0.1) is 0 Å². The van der Waals surface area contributed by atoms with Crippen LogP contribution >= 0.6 is 11.6 Å². The molecule has 7 heteroatoms. The Morgan fingerprint density at radius 2 is 2.24 bits per heavy atom. The number of halogens is 1. The van der Waals surface area contributed by atoms with Gasteiger partial charge in [-0.05, 0) is 24.6 Å². The number of aryl methyl sites for hydroxylation is 1. The van der Waals surface area contributed by atoms with Gasteiger partial charge in [0.15, 0.2) is 5.82 Å². The molecule has 0 spiro atoms. The summed E-state index contributed by atoms with van der Waals surface area (Å²) in [6.45, 7) is 2.28. The first kappa shape index (κ1) is 11.5. The summed E-state index contributed by atoms with van der Waals surface area (Å²) >= 11 is 5.76. The molecule has 3 N–H and O–H groups in total. The van der Waals surface area contributed by atoms with Crippen LogP contribution < -0.4 is 11.1 Å². The molecular formula is C10H11ClN6. The van der Waals surface area contributed by atoms with Gasteiger partial charge in [0.2, 0.25) is 5.28 Å². The van der Waals surface area contributed by atoms with Crippen molar-refractivity contribution in [2.75, 3.05) is 11.1 Å². The van der Waals surface area contributed by atoms with E-state index in [1.54, 1.807) is 19.2 Å². The third-order valence-electron chi connectivity index (χ3n) is 2.19. The van der Waals surface area contributed by atoms with Crippen molar-refractivity contribution in [3.63, 3.8) is 0 Å². The van der Waals surface area contributed by atoms with Gasteiger partial charge in [0.25, 0.3) is 0 Å². The molecule has 6 nitrogen and oxygen atoms in total. The van der Waals surface area contributed by atoms with Crippen molar-refractivity contribution in [3.05, 3.63) is 35.3 Å². The van der Waals surface area contributed by atoms with Crippen molar-refractivity contribution >= 4 is 23.1 Å². The summed E-state index contributed by atoms with van der Waals surface area (Å²) in [5.74, 6) is 0.515. The van der Waals surface area contributed by atoms with Crippen molar-refractivity contribution < 1.29 is 0 Å². The standard InChI is InChI=1S/C10H11ClN6/c1-6-8(12)9(17-10(11)16-6)14-4-7-2-3-13-5-15-7/h2-3,5H,4,12H2,1H3,(H,14,16,17). The molecule has 0 amide bonds. The summed E-state index contributed by atoms with van der Waals surface area (Å²) in [6, 6.07) is 1.80. The Morgan fingerprint density at radius 1 is 1.41 bits per heavy atom. The molecule has 88 valence electrons. The zero-order valence-corrected chi connectivity index (χ0v) is 9.94. The molecule has 0 atom stereocenters. The van der Waals surface area contributed by atoms with E-state index in [1.165, 1.54) is 6.33 Å². The first-order valence-corrected chi connectivity index (χ1v) is 5.33. The number of nitrogens with two attached hydrogens (primary N) is 1. The maximum atomic E-state index is 5.84. The van der Waals surface area contributed by atoms with Crippen LogP contribution in [-0.2, 0) is 6.54 Å². The highest BCUT2D eigenvalue weighted by Crippen LogP contribution is 2.20. The lowest BCUT2D eigenvalue weighted by Crippen LogP contribution is -2.08. The molecule has 0 bridgehead atoms. The summed E-state index contributed by atoms with van der Waals surface area (Å²) in [5.41, 5.74) is 7.81. The van der Waals surface area contributed by atoms with Gasteiger partial charge in [-0.1, -0.05) is 0 Å². The summed E-state index contributed by atoms with van der Waals surface area (Å²) in [6.07, 6.45) is 3.16. The molecule has 0 aliphatic rings. The van der Waals surface area contributed by atoms with E-state index >= 15 is 0 Å². The molecule has 0 saturated carbocycles. The number of aromatic nitrogens is 4. The zero-order chi connectivity index (χ0) is 12.3. The van der Waals surface area contributed by atoms with Crippen LogP contribution in [0.4, 0.5) is 11.5 Å². The van der Waals surface area contributed by atoms with E-state index in [2.05, 4.69) is 25.3 Å². The Bertz CT molecular complexity index is 516. The van der Waals surface area contributed by atoms with Gasteiger partial charge < -0.3 is 11.1 Å². The van der Waals surface area contributed by atoms with Crippen LogP contribution in [0.1, 0.15) is 11.4 Å². The average molecular weight is 251 g/mol. The van der Waals surface area contributed by atoms with Crippen LogP contribution in [-0.4, -0.2) is 19.9 Å². The van der Waals surface area contributed by atoms with Crippen LogP contribution in [0.5, 0.6) is 0 Å². The monoisotopic (exact) mass is 250 g/mol. The number of hydrogen-bond acceptors (Lipinski definition) is 6. The number of nitrogens with one attached hydrogen (secondary N) is 1. The minimum absolute atomic E-state index is 0.168. The summed E-state index contributed by atoms with van der Waals surface area (Å²) in [5, 5.41) is 3.23. The molecule has 0 saturated heterocycles. The molecular weight excluding hydrogens is 240 g/mol. The third kappa shape index (κ3) is 2.79. The van der Waals surface area contributed by atoms with Crippen LogP contribution in [0.25, 0.3) is 0 Å². The molecule has 2 heterocycles. The van der Waals surface area contributed by atoms with E-state index in [1.807, 2.05) is 0 Å². The molecule has 17 heavy (non-hydrogen) atoms. The van der Waals surface area contributed by atoms with Crippen molar-refractivity contribution in [2.24, 2.45) is 0 Å². The lowest BCUT2D eigenvalue weighted by atomic mass is 10.3. The predicted octanol–water partition coefficient (Wildman–Crippen LogP) is 1.42. The highest BCUT2D eigenvalue weighted by Gasteiger charge is 2.07. The maximum Gasteiger partial charge on any atom is 0.224 e. The van der Waals surface area contributed by atoms with Crippen molar-refractivity contribution in [1.82, 2.24) is 19.9 Å². The average Bonchev–Trinajstić information content (AvgIpc) is 2.33. The van der Waals surface area contributed by atoms with E-state index in [0.717, 1.165) is 5.69 Å². The Morgan fingerprint density at radius 3 is 2.94 bits per heavy atom. The molecule has 2 rings (SSSR count). The highest BCUT2D eigenvalue weighted by molar-refractivity contribution is 6.28. The Hall–Kier alpha value is -1.95. The fourth-order valence-corrected chi connectivity index (χ4v) is 1.49. The van der Waals surface area contributed by atoms with Crippen LogP contribution in [0.15, 0.2) is 18.6 Å². The second kappa shape index (κ2) is 4.92. The SMILES string of the molecule is Cc1nc(Cl)nc(NCc2ccncn2)c1N.